The molecule has 0 aromatic heterocycles. The van der Waals surface area contributed by atoms with E-state index in [-0.39, 0.29) is 18.9 Å². The molecule has 0 rings (SSSR count). The lowest BCUT2D eigenvalue weighted by Gasteiger charge is -2.10. The molecule has 4 heteroatoms. The quantitative estimate of drug-likeness (QED) is 0.366. The SMILES string of the molecule is C=CCC(C(C)=O)C(=O)OCCN. The minimum Gasteiger partial charge on any atom is -0.464 e. The van der Waals surface area contributed by atoms with Crippen LogP contribution >= 0.6 is 0 Å². The highest BCUT2D eigenvalue weighted by atomic mass is 16.5. The highest BCUT2D eigenvalue weighted by Crippen LogP contribution is 2.07. The summed E-state index contributed by atoms with van der Waals surface area (Å²) in [4.78, 5) is 22.1. The van der Waals surface area contributed by atoms with Crippen LogP contribution in [0.25, 0.3) is 0 Å². The fraction of sp³-hybridized carbons (Fsp3) is 0.556. The zero-order valence-electron chi connectivity index (χ0n) is 7.79. The van der Waals surface area contributed by atoms with Gasteiger partial charge in [-0.3, -0.25) is 9.59 Å². The number of rotatable bonds is 6. The first-order valence-electron chi connectivity index (χ1n) is 4.11. The maximum absolute atomic E-state index is 11.2. The number of esters is 1. The van der Waals surface area contributed by atoms with E-state index in [0.29, 0.717) is 6.42 Å². The molecule has 0 radical (unpaired) electrons. The predicted octanol–water partition coefficient (Wildman–Crippen LogP) is 0.270. The van der Waals surface area contributed by atoms with Crippen molar-refractivity contribution in [2.24, 2.45) is 11.7 Å². The lowest BCUT2D eigenvalue weighted by atomic mass is 10.0. The van der Waals surface area contributed by atoms with Crippen molar-refractivity contribution < 1.29 is 14.3 Å². The molecule has 1 unspecified atom stereocenters. The molecule has 0 fully saturated rings. The summed E-state index contributed by atoms with van der Waals surface area (Å²) in [5.74, 6) is -1.44. The average Bonchev–Trinajstić information content (AvgIpc) is 2.09. The molecule has 74 valence electrons. The van der Waals surface area contributed by atoms with Crippen LogP contribution in [0.4, 0.5) is 0 Å². The van der Waals surface area contributed by atoms with E-state index in [2.05, 4.69) is 6.58 Å². The topological polar surface area (TPSA) is 69.4 Å². The van der Waals surface area contributed by atoms with Gasteiger partial charge in [-0.05, 0) is 13.3 Å². The van der Waals surface area contributed by atoms with Crippen molar-refractivity contribution >= 4 is 11.8 Å². The third-order valence-corrected chi connectivity index (χ3v) is 1.54. The highest BCUT2D eigenvalue weighted by molar-refractivity contribution is 5.97. The molecule has 0 aromatic carbocycles. The summed E-state index contributed by atoms with van der Waals surface area (Å²) < 4.78 is 4.73. The van der Waals surface area contributed by atoms with Crippen LogP contribution in [0.3, 0.4) is 0 Å². The summed E-state index contributed by atoms with van der Waals surface area (Å²) in [6.07, 6.45) is 1.84. The zero-order valence-corrected chi connectivity index (χ0v) is 7.79. The number of hydrogen-bond acceptors (Lipinski definition) is 4. The van der Waals surface area contributed by atoms with E-state index in [1.807, 2.05) is 0 Å². The molecule has 1 atom stereocenters. The van der Waals surface area contributed by atoms with Crippen LogP contribution in [0.1, 0.15) is 13.3 Å². The van der Waals surface area contributed by atoms with Gasteiger partial charge in [0.1, 0.15) is 18.3 Å². The van der Waals surface area contributed by atoms with Crippen molar-refractivity contribution in [1.29, 1.82) is 0 Å². The van der Waals surface area contributed by atoms with Crippen molar-refractivity contribution in [3.05, 3.63) is 12.7 Å². The molecular weight excluding hydrogens is 170 g/mol. The fourth-order valence-corrected chi connectivity index (χ4v) is 0.855. The lowest BCUT2D eigenvalue weighted by molar-refractivity contribution is -0.151. The van der Waals surface area contributed by atoms with Crippen LogP contribution in [0.5, 0.6) is 0 Å². The van der Waals surface area contributed by atoms with Gasteiger partial charge in [-0.1, -0.05) is 6.08 Å². The number of carbonyl (C=O) groups excluding carboxylic acids is 2. The summed E-state index contributed by atoms with van der Waals surface area (Å²) in [5, 5.41) is 0. The molecule has 0 amide bonds. The van der Waals surface area contributed by atoms with Gasteiger partial charge < -0.3 is 10.5 Å². The van der Waals surface area contributed by atoms with Gasteiger partial charge in [-0.2, -0.15) is 0 Å². The number of ketones is 1. The van der Waals surface area contributed by atoms with Crippen LogP contribution in [0, 0.1) is 5.92 Å². The summed E-state index contributed by atoms with van der Waals surface area (Å²) in [6, 6.07) is 0. The minimum atomic E-state index is -0.718. The lowest BCUT2D eigenvalue weighted by Crippen LogP contribution is -2.25. The maximum atomic E-state index is 11.2. The molecule has 0 aliphatic carbocycles. The summed E-state index contributed by atoms with van der Waals surface area (Å²) in [7, 11) is 0. The third-order valence-electron chi connectivity index (χ3n) is 1.54. The van der Waals surface area contributed by atoms with Crippen molar-refractivity contribution in [3.63, 3.8) is 0 Å². The Balaban J connectivity index is 4.11. The molecule has 0 spiro atoms. The van der Waals surface area contributed by atoms with E-state index in [1.54, 1.807) is 0 Å². The van der Waals surface area contributed by atoms with Crippen LogP contribution in [0.15, 0.2) is 12.7 Å². The van der Waals surface area contributed by atoms with Gasteiger partial charge in [-0.25, -0.2) is 0 Å². The molecular formula is C9H15NO3. The Hall–Kier alpha value is -1.16. The summed E-state index contributed by atoms with van der Waals surface area (Å²) in [6.45, 7) is 5.24. The molecule has 0 aliphatic rings. The van der Waals surface area contributed by atoms with E-state index < -0.39 is 11.9 Å². The first-order chi connectivity index (χ1) is 6.13. The summed E-state index contributed by atoms with van der Waals surface area (Å²) in [5.41, 5.74) is 5.14. The van der Waals surface area contributed by atoms with Crippen molar-refractivity contribution in [2.45, 2.75) is 13.3 Å². The van der Waals surface area contributed by atoms with Gasteiger partial charge in [0.2, 0.25) is 0 Å². The fourth-order valence-electron chi connectivity index (χ4n) is 0.855. The zero-order chi connectivity index (χ0) is 10.3. The van der Waals surface area contributed by atoms with Crippen LogP contribution in [-0.2, 0) is 14.3 Å². The Kier molecular flexibility index (Phi) is 5.80. The first-order valence-corrected chi connectivity index (χ1v) is 4.11. The monoisotopic (exact) mass is 185 g/mol. The number of nitrogens with two attached hydrogens (primary N) is 1. The van der Waals surface area contributed by atoms with Crippen molar-refractivity contribution in [3.8, 4) is 0 Å². The molecule has 0 saturated carbocycles. The third kappa shape index (κ3) is 4.42. The van der Waals surface area contributed by atoms with Crippen molar-refractivity contribution in [2.75, 3.05) is 13.2 Å². The Morgan fingerprint density at radius 1 is 1.62 bits per heavy atom. The van der Waals surface area contributed by atoms with Gasteiger partial charge in [0.05, 0.1) is 0 Å². The number of carbonyl (C=O) groups is 2. The van der Waals surface area contributed by atoms with Crippen LogP contribution in [-0.4, -0.2) is 24.9 Å². The average molecular weight is 185 g/mol. The minimum absolute atomic E-state index is 0.153. The van der Waals surface area contributed by atoms with Crippen molar-refractivity contribution in [1.82, 2.24) is 0 Å². The molecule has 0 saturated heterocycles. The smallest absolute Gasteiger partial charge is 0.316 e. The summed E-state index contributed by atoms with van der Waals surface area (Å²) >= 11 is 0. The number of Topliss-reactive ketones (excluding diaryl/α,β-unsaturated/α-hetero) is 1. The van der Waals surface area contributed by atoms with E-state index in [9.17, 15) is 9.59 Å². The Morgan fingerprint density at radius 3 is 2.62 bits per heavy atom. The largest absolute Gasteiger partial charge is 0.464 e. The number of hydrogen-bond donors (Lipinski definition) is 1. The predicted molar refractivity (Wildman–Crippen MR) is 49.0 cm³/mol. The van der Waals surface area contributed by atoms with Gasteiger partial charge in [0.15, 0.2) is 0 Å². The Bertz CT molecular complexity index is 201. The van der Waals surface area contributed by atoms with Gasteiger partial charge >= 0.3 is 5.97 Å². The molecule has 0 bridgehead atoms. The van der Waals surface area contributed by atoms with Gasteiger partial charge in [0, 0.05) is 6.54 Å². The highest BCUT2D eigenvalue weighted by Gasteiger charge is 2.22. The van der Waals surface area contributed by atoms with E-state index >= 15 is 0 Å². The van der Waals surface area contributed by atoms with E-state index in [0.717, 1.165) is 0 Å². The maximum Gasteiger partial charge on any atom is 0.316 e. The second-order valence-corrected chi connectivity index (χ2v) is 2.64. The normalized spacial score (nSPS) is 11.8. The molecule has 0 aromatic rings. The molecule has 2 N–H and O–H groups in total. The molecule has 0 aliphatic heterocycles. The number of ether oxygens (including phenoxy) is 1. The van der Waals surface area contributed by atoms with Gasteiger partial charge in [-0.15, -0.1) is 6.58 Å². The van der Waals surface area contributed by atoms with Crippen LogP contribution in [0.2, 0.25) is 0 Å². The van der Waals surface area contributed by atoms with Crippen LogP contribution < -0.4 is 5.73 Å². The standard InChI is InChI=1S/C9H15NO3/c1-3-4-8(7(2)11)9(12)13-6-5-10/h3,8H,1,4-6,10H2,2H3. The van der Waals surface area contributed by atoms with E-state index in [1.165, 1.54) is 13.0 Å². The van der Waals surface area contributed by atoms with E-state index in [4.69, 9.17) is 10.5 Å². The second-order valence-electron chi connectivity index (χ2n) is 2.64. The molecule has 0 heterocycles. The molecule has 13 heavy (non-hydrogen) atoms. The van der Waals surface area contributed by atoms with Gasteiger partial charge in [0.25, 0.3) is 0 Å². The Morgan fingerprint density at radius 2 is 2.23 bits per heavy atom. The molecule has 4 nitrogen and oxygen atoms in total. The number of allylic oxidation sites excluding steroid dienone is 1. The first kappa shape index (κ1) is 11.8. The second kappa shape index (κ2) is 6.37. The Labute approximate surface area is 77.7 Å².